The molecule has 0 saturated heterocycles. The molecule has 108 valence electrons. The van der Waals surface area contributed by atoms with E-state index in [9.17, 15) is 0 Å². The van der Waals surface area contributed by atoms with Crippen molar-refractivity contribution < 1.29 is 9.47 Å². The third-order valence-corrected chi connectivity index (χ3v) is 3.13. The highest BCUT2D eigenvalue weighted by molar-refractivity contribution is 5.48. The Kier molecular flexibility index (Phi) is 4.50. The normalized spacial score (nSPS) is 10.4. The fourth-order valence-corrected chi connectivity index (χ4v) is 2.11. The van der Waals surface area contributed by atoms with Crippen LogP contribution in [0, 0.1) is 0 Å². The number of rotatable bonds is 6. The van der Waals surface area contributed by atoms with Gasteiger partial charge in [-0.25, -0.2) is 0 Å². The number of aromatic nitrogens is 2. The molecule has 0 amide bonds. The first-order valence-corrected chi connectivity index (χ1v) is 6.64. The van der Waals surface area contributed by atoms with Crippen LogP contribution in [0.25, 0.3) is 0 Å². The van der Waals surface area contributed by atoms with E-state index in [2.05, 4.69) is 17.3 Å². The molecule has 0 aliphatic heterocycles. The molecule has 0 unspecified atom stereocenters. The van der Waals surface area contributed by atoms with E-state index in [0.717, 1.165) is 34.9 Å². The van der Waals surface area contributed by atoms with Crippen LogP contribution >= 0.6 is 0 Å². The first kappa shape index (κ1) is 14.2. The van der Waals surface area contributed by atoms with E-state index in [1.54, 1.807) is 14.2 Å². The molecule has 2 rings (SSSR count). The van der Waals surface area contributed by atoms with Crippen molar-refractivity contribution in [2.24, 2.45) is 7.05 Å². The number of hydrogen-bond donors (Lipinski definition) is 1. The van der Waals surface area contributed by atoms with E-state index in [0.29, 0.717) is 6.54 Å². The van der Waals surface area contributed by atoms with E-state index in [4.69, 9.17) is 9.47 Å². The van der Waals surface area contributed by atoms with Gasteiger partial charge in [-0.05, 0) is 24.1 Å². The Labute approximate surface area is 119 Å². The molecule has 1 heterocycles. The molecule has 0 aliphatic rings. The van der Waals surface area contributed by atoms with Gasteiger partial charge in [0.25, 0.3) is 0 Å². The summed E-state index contributed by atoms with van der Waals surface area (Å²) in [4.78, 5) is 0. The molecular formula is C15H21N3O2. The summed E-state index contributed by atoms with van der Waals surface area (Å²) in [6.07, 6.45) is 2.90. The van der Waals surface area contributed by atoms with Crippen molar-refractivity contribution in [3.05, 3.63) is 35.7 Å². The molecule has 20 heavy (non-hydrogen) atoms. The zero-order valence-electron chi connectivity index (χ0n) is 12.4. The van der Waals surface area contributed by atoms with Gasteiger partial charge in [0.2, 0.25) is 0 Å². The number of hydrogen-bond acceptors (Lipinski definition) is 4. The van der Waals surface area contributed by atoms with Crippen molar-refractivity contribution in [2.75, 3.05) is 19.5 Å². The summed E-state index contributed by atoms with van der Waals surface area (Å²) in [5.41, 5.74) is 3.24. The lowest BCUT2D eigenvalue weighted by molar-refractivity contribution is 0.393. The number of benzene rings is 1. The van der Waals surface area contributed by atoms with E-state index < -0.39 is 0 Å². The van der Waals surface area contributed by atoms with Crippen molar-refractivity contribution in [1.82, 2.24) is 9.78 Å². The van der Waals surface area contributed by atoms with Crippen LogP contribution in [0.4, 0.5) is 5.69 Å². The lowest BCUT2D eigenvalue weighted by Crippen LogP contribution is -2.01. The molecule has 5 heteroatoms. The largest absolute Gasteiger partial charge is 0.497 e. The van der Waals surface area contributed by atoms with Gasteiger partial charge in [0.05, 0.1) is 25.6 Å². The quantitative estimate of drug-likeness (QED) is 0.880. The highest BCUT2D eigenvalue weighted by atomic mass is 16.5. The van der Waals surface area contributed by atoms with E-state index >= 15 is 0 Å². The van der Waals surface area contributed by atoms with Crippen LogP contribution in [-0.2, 0) is 20.0 Å². The molecule has 0 radical (unpaired) electrons. The second-order valence-corrected chi connectivity index (χ2v) is 4.59. The van der Waals surface area contributed by atoms with Crippen LogP contribution in [0.1, 0.15) is 18.2 Å². The topological polar surface area (TPSA) is 48.3 Å². The van der Waals surface area contributed by atoms with Crippen LogP contribution in [0.5, 0.6) is 11.5 Å². The van der Waals surface area contributed by atoms with Crippen LogP contribution in [0.15, 0.2) is 24.4 Å². The van der Waals surface area contributed by atoms with Crippen LogP contribution in [0.2, 0.25) is 0 Å². The first-order chi connectivity index (χ1) is 9.66. The van der Waals surface area contributed by atoms with Crippen molar-refractivity contribution in [3.8, 4) is 11.5 Å². The Morgan fingerprint density at radius 1 is 1.15 bits per heavy atom. The van der Waals surface area contributed by atoms with Gasteiger partial charge in [0, 0.05) is 25.9 Å². The highest BCUT2D eigenvalue weighted by Crippen LogP contribution is 2.23. The number of ether oxygens (including phenoxy) is 2. The maximum atomic E-state index is 5.27. The maximum Gasteiger partial charge on any atom is 0.122 e. The third kappa shape index (κ3) is 3.23. The Hall–Kier alpha value is -2.17. The van der Waals surface area contributed by atoms with Gasteiger partial charge in [0.1, 0.15) is 11.5 Å². The minimum absolute atomic E-state index is 0.701. The smallest absolute Gasteiger partial charge is 0.122 e. The van der Waals surface area contributed by atoms with Crippen molar-refractivity contribution >= 4 is 5.69 Å². The Morgan fingerprint density at radius 2 is 1.80 bits per heavy atom. The minimum atomic E-state index is 0.701. The second-order valence-electron chi connectivity index (χ2n) is 4.59. The molecule has 1 aromatic heterocycles. The van der Waals surface area contributed by atoms with Crippen molar-refractivity contribution in [3.63, 3.8) is 0 Å². The van der Waals surface area contributed by atoms with Gasteiger partial charge in [-0.1, -0.05) is 6.92 Å². The van der Waals surface area contributed by atoms with Gasteiger partial charge >= 0.3 is 0 Å². The summed E-state index contributed by atoms with van der Waals surface area (Å²) < 4.78 is 12.4. The van der Waals surface area contributed by atoms with Gasteiger partial charge < -0.3 is 14.8 Å². The molecule has 2 aromatic rings. The zero-order chi connectivity index (χ0) is 14.5. The summed E-state index contributed by atoms with van der Waals surface area (Å²) >= 11 is 0. The summed E-state index contributed by atoms with van der Waals surface area (Å²) in [7, 11) is 5.24. The van der Waals surface area contributed by atoms with Gasteiger partial charge in [-0.2, -0.15) is 5.10 Å². The third-order valence-electron chi connectivity index (χ3n) is 3.13. The van der Waals surface area contributed by atoms with Crippen LogP contribution in [0.3, 0.4) is 0 Å². The molecule has 1 aromatic carbocycles. The number of methoxy groups -OCH3 is 2. The van der Waals surface area contributed by atoms with Gasteiger partial charge in [-0.15, -0.1) is 0 Å². The fraction of sp³-hybridized carbons (Fsp3) is 0.400. The average molecular weight is 275 g/mol. The average Bonchev–Trinajstić information content (AvgIpc) is 2.84. The van der Waals surface area contributed by atoms with Crippen molar-refractivity contribution in [1.29, 1.82) is 0 Å². The summed E-state index contributed by atoms with van der Waals surface area (Å²) in [5, 5.41) is 7.82. The zero-order valence-corrected chi connectivity index (χ0v) is 12.4. The number of nitrogens with zero attached hydrogens (tertiary/aromatic N) is 2. The Balaban J connectivity index is 2.13. The molecule has 0 bridgehead atoms. The van der Waals surface area contributed by atoms with E-state index in [1.165, 1.54) is 0 Å². The van der Waals surface area contributed by atoms with Crippen molar-refractivity contribution in [2.45, 2.75) is 19.9 Å². The predicted octanol–water partition coefficient (Wildman–Crippen LogP) is 2.61. The Morgan fingerprint density at radius 3 is 2.35 bits per heavy atom. The lowest BCUT2D eigenvalue weighted by atomic mass is 10.2. The SMILES string of the molecule is CCc1nn(C)cc1NCc1cc(OC)cc(OC)c1. The second kappa shape index (κ2) is 6.32. The minimum Gasteiger partial charge on any atom is -0.497 e. The first-order valence-electron chi connectivity index (χ1n) is 6.64. The van der Waals surface area contributed by atoms with Crippen LogP contribution < -0.4 is 14.8 Å². The van der Waals surface area contributed by atoms with E-state index in [1.807, 2.05) is 36.1 Å². The Bertz CT molecular complexity index is 556. The molecule has 1 N–H and O–H groups in total. The number of nitrogens with one attached hydrogen (secondary N) is 1. The van der Waals surface area contributed by atoms with Gasteiger partial charge in [-0.3, -0.25) is 4.68 Å². The molecule has 5 nitrogen and oxygen atoms in total. The van der Waals surface area contributed by atoms with Gasteiger partial charge in [0.15, 0.2) is 0 Å². The molecule has 0 saturated carbocycles. The predicted molar refractivity (Wildman–Crippen MR) is 79.5 cm³/mol. The number of anilines is 1. The highest BCUT2D eigenvalue weighted by Gasteiger charge is 2.06. The monoisotopic (exact) mass is 275 g/mol. The summed E-state index contributed by atoms with van der Waals surface area (Å²) in [5.74, 6) is 1.59. The number of aryl methyl sites for hydroxylation is 2. The standard InChI is InChI=1S/C15H21N3O2/c1-5-14-15(10-18(2)17-14)16-9-11-6-12(19-3)8-13(7-11)20-4/h6-8,10,16H,5,9H2,1-4H3. The molecule has 0 aliphatic carbocycles. The fourth-order valence-electron chi connectivity index (χ4n) is 2.11. The maximum absolute atomic E-state index is 5.27. The molecular weight excluding hydrogens is 254 g/mol. The molecule has 0 atom stereocenters. The molecule has 0 spiro atoms. The lowest BCUT2D eigenvalue weighted by Gasteiger charge is -2.10. The van der Waals surface area contributed by atoms with Crippen LogP contribution in [-0.4, -0.2) is 24.0 Å². The summed E-state index contributed by atoms with van der Waals surface area (Å²) in [6.45, 7) is 2.80. The summed E-state index contributed by atoms with van der Waals surface area (Å²) in [6, 6.07) is 5.86. The van der Waals surface area contributed by atoms with E-state index in [-0.39, 0.29) is 0 Å². The molecule has 0 fully saturated rings.